The van der Waals surface area contributed by atoms with Crippen LogP contribution in [-0.4, -0.2) is 50.9 Å². The van der Waals surface area contributed by atoms with Gasteiger partial charge >= 0.3 is 0 Å². The third-order valence-corrected chi connectivity index (χ3v) is 2.79. The molecule has 0 aliphatic heterocycles. The fourth-order valence-electron chi connectivity index (χ4n) is 1.57. The van der Waals surface area contributed by atoms with E-state index in [1.807, 2.05) is 0 Å². The van der Waals surface area contributed by atoms with E-state index in [0.29, 0.717) is 26.4 Å². The Morgan fingerprint density at radius 3 is 1.21 bits per heavy atom. The number of phenols is 2. The summed E-state index contributed by atoms with van der Waals surface area (Å²) in [5.74, 6) is 1.97. The second-order valence-electron chi connectivity index (χ2n) is 4.67. The Morgan fingerprint density at radius 1 is 0.583 bits per heavy atom. The largest absolute Gasteiger partial charge is 0.508 e. The highest BCUT2D eigenvalue weighted by Gasteiger charge is 1.93. The van der Waals surface area contributed by atoms with Crippen LogP contribution in [0.1, 0.15) is 0 Å². The number of ether oxygens (including phenoxy) is 4. The highest BCUT2D eigenvalue weighted by atomic mass is 16.5. The molecule has 0 saturated carbocycles. The highest BCUT2D eigenvalue weighted by molar-refractivity contribution is 5.30. The minimum atomic E-state index is 0.245. The van der Waals surface area contributed by atoms with E-state index in [2.05, 4.69) is 0 Å². The van der Waals surface area contributed by atoms with Gasteiger partial charge in [-0.1, -0.05) is 0 Å². The summed E-state index contributed by atoms with van der Waals surface area (Å²) >= 11 is 0. The molecule has 0 atom stereocenters. The summed E-state index contributed by atoms with van der Waals surface area (Å²) in [7, 11) is 3.25. The van der Waals surface area contributed by atoms with Gasteiger partial charge in [0.15, 0.2) is 0 Å². The predicted molar refractivity (Wildman–Crippen MR) is 91.0 cm³/mol. The van der Waals surface area contributed by atoms with E-state index in [0.717, 1.165) is 11.5 Å². The van der Waals surface area contributed by atoms with Crippen molar-refractivity contribution in [3.05, 3.63) is 48.5 Å². The SMILES string of the molecule is COCCOc1ccc(O)cc1.COCCOc1ccc(O)cc1. The first-order valence-electron chi connectivity index (χ1n) is 7.47. The predicted octanol–water partition coefficient (Wildman–Crippen LogP) is 2.83. The molecule has 6 heteroatoms. The fourth-order valence-corrected chi connectivity index (χ4v) is 1.57. The Hall–Kier alpha value is -2.44. The van der Waals surface area contributed by atoms with Crippen LogP contribution in [0.2, 0.25) is 0 Å². The maximum absolute atomic E-state index is 8.95. The van der Waals surface area contributed by atoms with Crippen molar-refractivity contribution >= 4 is 0 Å². The van der Waals surface area contributed by atoms with Gasteiger partial charge in [-0.2, -0.15) is 0 Å². The second-order valence-corrected chi connectivity index (χ2v) is 4.67. The molecule has 0 unspecified atom stereocenters. The van der Waals surface area contributed by atoms with E-state index >= 15 is 0 Å². The molecule has 2 rings (SSSR count). The van der Waals surface area contributed by atoms with Crippen molar-refractivity contribution in [2.45, 2.75) is 0 Å². The zero-order chi connectivity index (χ0) is 17.6. The lowest BCUT2D eigenvalue weighted by molar-refractivity contribution is 0.146. The van der Waals surface area contributed by atoms with E-state index < -0.39 is 0 Å². The summed E-state index contributed by atoms with van der Waals surface area (Å²) in [6.07, 6.45) is 0. The average Bonchev–Trinajstić information content (AvgIpc) is 2.59. The quantitative estimate of drug-likeness (QED) is 0.722. The molecule has 0 radical (unpaired) electrons. The maximum atomic E-state index is 8.95. The first-order valence-corrected chi connectivity index (χ1v) is 7.47. The number of methoxy groups -OCH3 is 2. The van der Waals surface area contributed by atoms with Crippen LogP contribution in [0.5, 0.6) is 23.0 Å². The molecule has 2 aromatic carbocycles. The Labute approximate surface area is 142 Å². The van der Waals surface area contributed by atoms with Crippen LogP contribution in [0.15, 0.2) is 48.5 Å². The Kier molecular flexibility index (Phi) is 9.84. The number of aromatic hydroxyl groups is 2. The lowest BCUT2D eigenvalue weighted by atomic mass is 10.3. The van der Waals surface area contributed by atoms with Crippen LogP contribution in [0.3, 0.4) is 0 Å². The standard InChI is InChI=1S/2C9H12O3/c2*1-11-6-7-12-9-4-2-8(10)3-5-9/h2*2-5,10H,6-7H2,1H3. The maximum Gasteiger partial charge on any atom is 0.119 e. The highest BCUT2D eigenvalue weighted by Crippen LogP contribution is 2.16. The topological polar surface area (TPSA) is 77.4 Å². The summed E-state index contributed by atoms with van der Waals surface area (Å²) in [6, 6.07) is 13.2. The molecular formula is C18H24O6. The molecular weight excluding hydrogens is 312 g/mol. The van der Waals surface area contributed by atoms with Crippen molar-refractivity contribution < 1.29 is 29.2 Å². The molecule has 6 nitrogen and oxygen atoms in total. The van der Waals surface area contributed by atoms with E-state index in [1.165, 1.54) is 0 Å². The molecule has 0 heterocycles. The Morgan fingerprint density at radius 2 is 0.917 bits per heavy atom. The molecule has 0 aromatic heterocycles. The molecule has 2 N–H and O–H groups in total. The van der Waals surface area contributed by atoms with Gasteiger partial charge in [0.05, 0.1) is 13.2 Å². The van der Waals surface area contributed by atoms with Crippen LogP contribution in [0, 0.1) is 0 Å². The molecule has 0 amide bonds. The van der Waals surface area contributed by atoms with Crippen molar-refractivity contribution in [2.75, 3.05) is 40.6 Å². The van der Waals surface area contributed by atoms with E-state index in [-0.39, 0.29) is 11.5 Å². The Bertz CT molecular complexity index is 487. The molecule has 0 spiro atoms. The van der Waals surface area contributed by atoms with Crippen LogP contribution in [-0.2, 0) is 9.47 Å². The van der Waals surface area contributed by atoms with E-state index in [1.54, 1.807) is 62.8 Å². The van der Waals surface area contributed by atoms with Crippen molar-refractivity contribution in [3.8, 4) is 23.0 Å². The second kappa shape index (κ2) is 12.0. The van der Waals surface area contributed by atoms with Gasteiger partial charge in [0.1, 0.15) is 36.2 Å². The Balaban J connectivity index is 0.000000240. The average molecular weight is 336 g/mol. The minimum absolute atomic E-state index is 0.245. The van der Waals surface area contributed by atoms with Crippen LogP contribution in [0.4, 0.5) is 0 Å². The molecule has 2 aromatic rings. The molecule has 0 saturated heterocycles. The summed E-state index contributed by atoms with van der Waals surface area (Å²) in [5, 5.41) is 17.9. The molecule has 24 heavy (non-hydrogen) atoms. The van der Waals surface area contributed by atoms with E-state index in [4.69, 9.17) is 29.2 Å². The zero-order valence-corrected chi connectivity index (χ0v) is 14.0. The van der Waals surface area contributed by atoms with Crippen LogP contribution >= 0.6 is 0 Å². The zero-order valence-electron chi connectivity index (χ0n) is 14.0. The number of hydrogen-bond donors (Lipinski definition) is 2. The van der Waals surface area contributed by atoms with Gasteiger partial charge in [-0.3, -0.25) is 0 Å². The number of benzene rings is 2. The normalized spacial score (nSPS) is 9.75. The van der Waals surface area contributed by atoms with Gasteiger partial charge in [0.25, 0.3) is 0 Å². The van der Waals surface area contributed by atoms with Gasteiger partial charge in [0.2, 0.25) is 0 Å². The molecule has 0 bridgehead atoms. The first kappa shape index (κ1) is 19.6. The minimum Gasteiger partial charge on any atom is -0.508 e. The van der Waals surface area contributed by atoms with Crippen LogP contribution < -0.4 is 9.47 Å². The summed E-state index contributed by atoms with van der Waals surface area (Å²) in [6.45, 7) is 2.20. The first-order chi connectivity index (χ1) is 11.7. The summed E-state index contributed by atoms with van der Waals surface area (Å²) in [4.78, 5) is 0. The van der Waals surface area contributed by atoms with Gasteiger partial charge < -0.3 is 29.2 Å². The lowest BCUT2D eigenvalue weighted by Crippen LogP contribution is -2.03. The third kappa shape index (κ3) is 8.87. The fraction of sp³-hybridized carbons (Fsp3) is 0.333. The molecule has 0 fully saturated rings. The monoisotopic (exact) mass is 336 g/mol. The van der Waals surface area contributed by atoms with Crippen molar-refractivity contribution in [3.63, 3.8) is 0 Å². The van der Waals surface area contributed by atoms with Crippen molar-refractivity contribution in [1.82, 2.24) is 0 Å². The summed E-state index contributed by atoms with van der Waals surface area (Å²) < 4.78 is 20.2. The van der Waals surface area contributed by atoms with Gasteiger partial charge in [-0.05, 0) is 48.5 Å². The van der Waals surface area contributed by atoms with Crippen molar-refractivity contribution in [2.24, 2.45) is 0 Å². The van der Waals surface area contributed by atoms with Gasteiger partial charge in [-0.15, -0.1) is 0 Å². The summed E-state index contributed by atoms with van der Waals surface area (Å²) in [5.41, 5.74) is 0. The molecule has 132 valence electrons. The molecule has 0 aliphatic carbocycles. The van der Waals surface area contributed by atoms with Gasteiger partial charge in [-0.25, -0.2) is 0 Å². The van der Waals surface area contributed by atoms with Crippen LogP contribution in [0.25, 0.3) is 0 Å². The smallest absolute Gasteiger partial charge is 0.119 e. The third-order valence-electron chi connectivity index (χ3n) is 2.79. The number of rotatable bonds is 8. The van der Waals surface area contributed by atoms with Crippen molar-refractivity contribution in [1.29, 1.82) is 0 Å². The molecule has 0 aliphatic rings. The number of phenolic OH excluding ortho intramolecular Hbond substituents is 2. The van der Waals surface area contributed by atoms with E-state index in [9.17, 15) is 0 Å². The van der Waals surface area contributed by atoms with Gasteiger partial charge in [0, 0.05) is 14.2 Å². The number of hydrogen-bond acceptors (Lipinski definition) is 6. The lowest BCUT2D eigenvalue weighted by Gasteiger charge is -2.04.